The van der Waals surface area contributed by atoms with E-state index < -0.39 is 5.60 Å². The standard InChI is InChI=1S/C17H22N2O2/c1-12(2)17(21)10-18(11-17)16(20)9-19-13(3)8-14-6-4-5-7-15(14)19/h4-8,12,21H,9-11H2,1-3H3. The Hall–Kier alpha value is -1.81. The third-order valence-corrected chi connectivity index (χ3v) is 4.67. The van der Waals surface area contributed by atoms with E-state index in [1.54, 1.807) is 4.90 Å². The number of carbonyl (C=O) groups is 1. The van der Waals surface area contributed by atoms with Crippen LogP contribution < -0.4 is 0 Å². The first-order chi connectivity index (χ1) is 9.90. The average Bonchev–Trinajstić information content (AvgIpc) is 2.71. The number of likely N-dealkylation sites (tertiary alicyclic amines) is 1. The van der Waals surface area contributed by atoms with Crippen molar-refractivity contribution in [1.82, 2.24) is 9.47 Å². The van der Waals surface area contributed by atoms with Crippen molar-refractivity contribution in [3.63, 3.8) is 0 Å². The van der Waals surface area contributed by atoms with Gasteiger partial charge >= 0.3 is 0 Å². The van der Waals surface area contributed by atoms with Gasteiger partial charge in [0, 0.05) is 11.2 Å². The lowest BCUT2D eigenvalue weighted by molar-refractivity contribution is -0.164. The first-order valence-electron chi connectivity index (χ1n) is 7.46. The Kier molecular flexibility index (Phi) is 3.29. The van der Waals surface area contributed by atoms with Crippen molar-refractivity contribution >= 4 is 16.8 Å². The van der Waals surface area contributed by atoms with E-state index in [1.807, 2.05) is 43.5 Å². The lowest BCUT2D eigenvalue weighted by Gasteiger charge is -2.49. The summed E-state index contributed by atoms with van der Waals surface area (Å²) in [5.74, 6) is 0.250. The number of benzene rings is 1. The molecule has 1 aliphatic heterocycles. The van der Waals surface area contributed by atoms with E-state index in [0.717, 1.165) is 16.6 Å². The molecule has 1 fully saturated rings. The number of para-hydroxylation sites is 1. The number of amides is 1. The molecule has 0 atom stereocenters. The first kappa shape index (κ1) is 14.1. The summed E-state index contributed by atoms with van der Waals surface area (Å²) < 4.78 is 2.05. The summed E-state index contributed by atoms with van der Waals surface area (Å²) >= 11 is 0. The molecule has 0 radical (unpaired) electrons. The number of aromatic nitrogens is 1. The molecule has 0 unspecified atom stereocenters. The third kappa shape index (κ3) is 2.33. The highest BCUT2D eigenvalue weighted by molar-refractivity contribution is 5.84. The molecule has 1 aliphatic rings. The van der Waals surface area contributed by atoms with E-state index in [4.69, 9.17) is 0 Å². The predicted molar refractivity (Wildman–Crippen MR) is 83.0 cm³/mol. The molecule has 2 heterocycles. The minimum Gasteiger partial charge on any atom is -0.386 e. The van der Waals surface area contributed by atoms with Gasteiger partial charge in [0.05, 0.1) is 13.1 Å². The Bertz CT molecular complexity index is 681. The Morgan fingerprint density at radius 1 is 1.33 bits per heavy atom. The number of aryl methyl sites for hydroxylation is 1. The molecule has 3 rings (SSSR count). The Balaban J connectivity index is 1.75. The number of aliphatic hydroxyl groups is 1. The topological polar surface area (TPSA) is 45.5 Å². The average molecular weight is 286 g/mol. The van der Waals surface area contributed by atoms with Crippen LogP contribution in [0.2, 0.25) is 0 Å². The molecule has 21 heavy (non-hydrogen) atoms. The number of carbonyl (C=O) groups excluding carboxylic acids is 1. The third-order valence-electron chi connectivity index (χ3n) is 4.67. The van der Waals surface area contributed by atoms with Crippen molar-refractivity contribution in [2.45, 2.75) is 32.9 Å². The highest BCUT2D eigenvalue weighted by Crippen LogP contribution is 2.29. The highest BCUT2D eigenvalue weighted by atomic mass is 16.3. The maximum atomic E-state index is 12.4. The smallest absolute Gasteiger partial charge is 0.242 e. The maximum absolute atomic E-state index is 12.4. The van der Waals surface area contributed by atoms with Crippen molar-refractivity contribution < 1.29 is 9.90 Å². The van der Waals surface area contributed by atoms with Gasteiger partial charge in [0.1, 0.15) is 12.1 Å². The van der Waals surface area contributed by atoms with Gasteiger partial charge in [-0.1, -0.05) is 32.0 Å². The van der Waals surface area contributed by atoms with Crippen LogP contribution in [0, 0.1) is 12.8 Å². The Labute approximate surface area is 125 Å². The molecule has 1 aromatic heterocycles. The molecule has 1 N–H and O–H groups in total. The molecular formula is C17H22N2O2. The quantitative estimate of drug-likeness (QED) is 0.940. The lowest BCUT2D eigenvalue weighted by atomic mass is 9.83. The molecule has 0 bridgehead atoms. The molecule has 0 spiro atoms. The van der Waals surface area contributed by atoms with Crippen LogP contribution in [0.3, 0.4) is 0 Å². The van der Waals surface area contributed by atoms with E-state index in [1.165, 1.54) is 0 Å². The van der Waals surface area contributed by atoms with Gasteiger partial charge in [0.25, 0.3) is 0 Å². The second kappa shape index (κ2) is 4.88. The minimum absolute atomic E-state index is 0.0739. The summed E-state index contributed by atoms with van der Waals surface area (Å²) in [5, 5.41) is 11.4. The highest BCUT2D eigenvalue weighted by Gasteiger charge is 2.45. The fraction of sp³-hybridized carbons (Fsp3) is 0.471. The van der Waals surface area contributed by atoms with Crippen molar-refractivity contribution in [1.29, 1.82) is 0 Å². The fourth-order valence-corrected chi connectivity index (χ4v) is 2.95. The zero-order valence-corrected chi connectivity index (χ0v) is 12.8. The molecule has 1 amide bonds. The molecule has 0 saturated carbocycles. The van der Waals surface area contributed by atoms with Crippen molar-refractivity contribution in [3.8, 4) is 0 Å². The van der Waals surface area contributed by atoms with Crippen LogP contribution in [0.15, 0.2) is 30.3 Å². The van der Waals surface area contributed by atoms with Crippen LogP contribution in [0.5, 0.6) is 0 Å². The van der Waals surface area contributed by atoms with E-state index in [9.17, 15) is 9.90 Å². The molecular weight excluding hydrogens is 264 g/mol. The molecule has 2 aromatic rings. The normalized spacial score (nSPS) is 17.3. The second-order valence-corrected chi connectivity index (χ2v) is 6.44. The summed E-state index contributed by atoms with van der Waals surface area (Å²) in [7, 11) is 0. The zero-order chi connectivity index (χ0) is 15.2. The number of β-amino-alcohol motifs (C(OH)–C–C–N with tert-alkyl or cyclic N) is 1. The number of fused-ring (bicyclic) bond motifs is 1. The summed E-state index contributed by atoms with van der Waals surface area (Å²) in [4.78, 5) is 14.1. The zero-order valence-electron chi connectivity index (χ0n) is 12.8. The predicted octanol–water partition coefficient (Wildman–Crippen LogP) is 2.18. The molecule has 0 aliphatic carbocycles. The summed E-state index contributed by atoms with van der Waals surface area (Å²) in [6.45, 7) is 7.24. The fourth-order valence-electron chi connectivity index (χ4n) is 2.95. The van der Waals surface area contributed by atoms with Crippen molar-refractivity contribution in [2.75, 3.05) is 13.1 Å². The van der Waals surface area contributed by atoms with Gasteiger partial charge < -0.3 is 14.6 Å². The monoisotopic (exact) mass is 286 g/mol. The first-order valence-corrected chi connectivity index (χ1v) is 7.46. The number of hydrogen-bond donors (Lipinski definition) is 1. The van der Waals surface area contributed by atoms with E-state index in [-0.39, 0.29) is 11.8 Å². The van der Waals surface area contributed by atoms with Crippen LogP contribution in [-0.2, 0) is 11.3 Å². The summed E-state index contributed by atoms with van der Waals surface area (Å²) in [6, 6.07) is 10.2. The van der Waals surface area contributed by atoms with E-state index in [2.05, 4.69) is 12.1 Å². The molecule has 1 saturated heterocycles. The molecule has 4 heteroatoms. The minimum atomic E-state index is -0.705. The number of hydrogen-bond acceptors (Lipinski definition) is 2. The SMILES string of the molecule is Cc1cc2ccccc2n1CC(=O)N1CC(O)(C(C)C)C1. The van der Waals surface area contributed by atoms with Gasteiger partial charge in [-0.25, -0.2) is 0 Å². The Morgan fingerprint density at radius 2 is 2.00 bits per heavy atom. The second-order valence-electron chi connectivity index (χ2n) is 6.44. The van der Waals surface area contributed by atoms with Gasteiger partial charge in [-0.05, 0) is 30.4 Å². The van der Waals surface area contributed by atoms with E-state index >= 15 is 0 Å². The lowest BCUT2D eigenvalue weighted by Crippen LogP contribution is -2.66. The molecule has 1 aromatic carbocycles. The van der Waals surface area contributed by atoms with Crippen LogP contribution >= 0.6 is 0 Å². The van der Waals surface area contributed by atoms with Crippen LogP contribution in [0.1, 0.15) is 19.5 Å². The molecule has 112 valence electrons. The van der Waals surface area contributed by atoms with Gasteiger partial charge in [0.2, 0.25) is 5.91 Å². The maximum Gasteiger partial charge on any atom is 0.242 e. The van der Waals surface area contributed by atoms with E-state index in [0.29, 0.717) is 19.6 Å². The molecule has 4 nitrogen and oxygen atoms in total. The number of rotatable bonds is 3. The van der Waals surface area contributed by atoms with Gasteiger partial charge in [-0.3, -0.25) is 4.79 Å². The van der Waals surface area contributed by atoms with Gasteiger partial charge in [-0.2, -0.15) is 0 Å². The summed E-state index contributed by atoms with van der Waals surface area (Å²) in [5.41, 5.74) is 1.47. The Morgan fingerprint density at radius 3 is 2.67 bits per heavy atom. The van der Waals surface area contributed by atoms with Crippen LogP contribution in [0.25, 0.3) is 10.9 Å². The van der Waals surface area contributed by atoms with Crippen molar-refractivity contribution in [2.24, 2.45) is 5.92 Å². The van der Waals surface area contributed by atoms with Crippen LogP contribution in [0.4, 0.5) is 0 Å². The van der Waals surface area contributed by atoms with Crippen molar-refractivity contribution in [3.05, 3.63) is 36.0 Å². The largest absolute Gasteiger partial charge is 0.386 e. The summed E-state index contributed by atoms with van der Waals surface area (Å²) in [6.07, 6.45) is 0. The number of nitrogens with zero attached hydrogens (tertiary/aromatic N) is 2. The van der Waals surface area contributed by atoms with Crippen LogP contribution in [-0.4, -0.2) is 39.2 Å². The van der Waals surface area contributed by atoms with Gasteiger partial charge in [-0.15, -0.1) is 0 Å². The van der Waals surface area contributed by atoms with Gasteiger partial charge in [0.15, 0.2) is 0 Å².